The molecule has 2 amide bonds. The van der Waals surface area contributed by atoms with E-state index < -0.39 is 28.3 Å². The van der Waals surface area contributed by atoms with E-state index in [1.807, 2.05) is 0 Å². The third-order valence-electron chi connectivity index (χ3n) is 4.86. The summed E-state index contributed by atoms with van der Waals surface area (Å²) >= 11 is 0. The predicted molar refractivity (Wildman–Crippen MR) is 127 cm³/mol. The first kappa shape index (κ1) is 26.4. The molecule has 0 spiro atoms. The summed E-state index contributed by atoms with van der Waals surface area (Å²) in [5.41, 5.74) is -1.78. The molecule has 0 bridgehead atoms. The molecule has 0 aromatic heterocycles. The van der Waals surface area contributed by atoms with Gasteiger partial charge >= 0.3 is 12.2 Å². The van der Waals surface area contributed by atoms with Gasteiger partial charge in [0.1, 0.15) is 16.9 Å². The molecule has 33 heavy (non-hydrogen) atoms. The van der Waals surface area contributed by atoms with Crippen molar-refractivity contribution >= 4 is 29.2 Å². The predicted octanol–water partition coefficient (Wildman–Crippen LogP) is 4.85. The molecule has 1 aromatic rings. The zero-order valence-corrected chi connectivity index (χ0v) is 20.8. The van der Waals surface area contributed by atoms with E-state index in [-0.39, 0.29) is 23.5 Å². The smallest absolute Gasteiger partial charge is 0.424 e. The number of benzene rings is 1. The fourth-order valence-electron chi connectivity index (χ4n) is 3.57. The van der Waals surface area contributed by atoms with Gasteiger partial charge in [0, 0.05) is 36.9 Å². The number of anilines is 2. The van der Waals surface area contributed by atoms with Gasteiger partial charge in [-0.1, -0.05) is 6.92 Å². The molecule has 0 aliphatic carbocycles. The van der Waals surface area contributed by atoms with Gasteiger partial charge < -0.3 is 19.7 Å². The Balaban J connectivity index is 2.52. The number of hydrogen-bond donors (Lipinski definition) is 1. The number of carbonyl (C=O) groups is 2. The van der Waals surface area contributed by atoms with E-state index in [1.54, 1.807) is 47.6 Å². The van der Waals surface area contributed by atoms with Gasteiger partial charge in [-0.25, -0.2) is 9.59 Å². The molecule has 1 aliphatic rings. The Labute approximate surface area is 195 Å². The summed E-state index contributed by atoms with van der Waals surface area (Å²) in [5.74, 6) is 0. The van der Waals surface area contributed by atoms with Crippen LogP contribution < -0.4 is 15.1 Å². The van der Waals surface area contributed by atoms with Crippen molar-refractivity contribution in [1.29, 1.82) is 0 Å². The van der Waals surface area contributed by atoms with E-state index in [0.717, 1.165) is 6.42 Å². The van der Waals surface area contributed by atoms with Gasteiger partial charge in [-0.05, 0) is 67.0 Å². The quantitative estimate of drug-likeness (QED) is 0.497. The first-order valence-electron chi connectivity index (χ1n) is 11.2. The number of imide groups is 1. The maximum atomic E-state index is 12.9. The van der Waals surface area contributed by atoms with Crippen molar-refractivity contribution in [2.24, 2.45) is 0 Å². The highest BCUT2D eigenvalue weighted by molar-refractivity contribution is 6.11. The number of carbonyl (C=O) groups excluding carboxylic acids is 2. The maximum absolute atomic E-state index is 12.9. The number of nitro benzene ring substituents is 1. The van der Waals surface area contributed by atoms with Gasteiger partial charge in [-0.15, -0.1) is 0 Å². The highest BCUT2D eigenvalue weighted by Gasteiger charge is 2.37. The third kappa shape index (κ3) is 7.31. The van der Waals surface area contributed by atoms with Gasteiger partial charge in [-0.2, -0.15) is 4.90 Å². The van der Waals surface area contributed by atoms with Crippen molar-refractivity contribution in [3.63, 3.8) is 0 Å². The molecule has 1 heterocycles. The molecule has 10 heteroatoms. The minimum absolute atomic E-state index is 0.206. The first-order chi connectivity index (χ1) is 15.1. The summed E-state index contributed by atoms with van der Waals surface area (Å²) in [5, 5.41) is 15.5. The van der Waals surface area contributed by atoms with Crippen LogP contribution in [0.25, 0.3) is 0 Å². The molecular weight excluding hydrogens is 428 g/mol. The van der Waals surface area contributed by atoms with Crippen LogP contribution >= 0.6 is 0 Å². The van der Waals surface area contributed by atoms with E-state index in [4.69, 9.17) is 9.47 Å². The molecule has 10 nitrogen and oxygen atoms in total. The monoisotopic (exact) mass is 464 g/mol. The van der Waals surface area contributed by atoms with E-state index in [1.165, 1.54) is 12.1 Å². The lowest BCUT2D eigenvalue weighted by Gasteiger charge is -2.38. The second-order valence-corrected chi connectivity index (χ2v) is 10.3. The number of nitrogens with one attached hydrogen (secondary N) is 1. The molecule has 0 radical (unpaired) electrons. The lowest BCUT2D eigenvalue weighted by molar-refractivity contribution is -0.384. The van der Waals surface area contributed by atoms with E-state index in [9.17, 15) is 19.7 Å². The summed E-state index contributed by atoms with van der Waals surface area (Å²) in [7, 11) is 0. The van der Waals surface area contributed by atoms with Gasteiger partial charge in [-0.3, -0.25) is 10.1 Å². The van der Waals surface area contributed by atoms with Crippen molar-refractivity contribution in [1.82, 2.24) is 5.32 Å². The van der Waals surface area contributed by atoms with Crippen LogP contribution in [0.1, 0.15) is 61.8 Å². The van der Waals surface area contributed by atoms with Crippen molar-refractivity contribution < 1.29 is 24.0 Å². The Morgan fingerprint density at radius 1 is 1.12 bits per heavy atom. The van der Waals surface area contributed by atoms with E-state index in [0.29, 0.717) is 23.7 Å². The number of nitro groups is 1. The topological polar surface area (TPSA) is 114 Å². The largest absolute Gasteiger partial charge is 0.443 e. The molecule has 1 aromatic carbocycles. The lowest BCUT2D eigenvalue weighted by Crippen LogP contribution is -2.55. The number of rotatable bonds is 4. The zero-order valence-electron chi connectivity index (χ0n) is 20.8. The zero-order chi connectivity index (χ0) is 25.1. The van der Waals surface area contributed by atoms with Gasteiger partial charge in [0.2, 0.25) is 0 Å². The number of piperazine rings is 1. The minimum Gasteiger partial charge on any atom is -0.443 e. The second kappa shape index (κ2) is 9.94. The molecule has 1 fully saturated rings. The number of amides is 2. The number of ether oxygens (including phenoxy) is 2. The molecule has 2 rings (SSSR count). The van der Waals surface area contributed by atoms with E-state index >= 15 is 0 Å². The fourth-order valence-corrected chi connectivity index (χ4v) is 3.57. The van der Waals surface area contributed by atoms with Crippen LogP contribution in [0.2, 0.25) is 0 Å². The SMILES string of the molecule is CCC1CN(c2ccc(N(C(=O)OC(C)(C)C)C(=O)OC(C)(C)C)c([N+](=O)[O-])c2)CC(C)N1. The van der Waals surface area contributed by atoms with Crippen molar-refractivity contribution in [2.75, 3.05) is 22.9 Å². The average Bonchev–Trinajstić information content (AvgIpc) is 2.64. The fraction of sp³-hybridized carbons (Fsp3) is 0.652. The van der Waals surface area contributed by atoms with E-state index in [2.05, 4.69) is 24.1 Å². The molecule has 2 atom stereocenters. The van der Waals surface area contributed by atoms with Crippen LogP contribution in [0.4, 0.5) is 26.7 Å². The lowest BCUT2D eigenvalue weighted by atomic mass is 10.1. The second-order valence-electron chi connectivity index (χ2n) is 10.3. The number of hydrogen-bond acceptors (Lipinski definition) is 8. The highest BCUT2D eigenvalue weighted by atomic mass is 16.6. The minimum atomic E-state index is -1.05. The van der Waals surface area contributed by atoms with Gasteiger partial charge in [0.25, 0.3) is 5.69 Å². The summed E-state index contributed by atoms with van der Waals surface area (Å²) in [6.45, 7) is 15.4. The standard InChI is InChI=1S/C23H36N4O6/c1-9-16-14-25(13-15(2)24-16)17-10-11-18(19(12-17)27(30)31)26(20(28)32-22(3,4)5)21(29)33-23(6,7)8/h10-12,15-16,24H,9,13-14H2,1-8H3. The number of nitrogens with zero attached hydrogens (tertiary/aromatic N) is 3. The maximum Gasteiger partial charge on any atom is 0.424 e. The van der Waals surface area contributed by atoms with Gasteiger partial charge in [0.15, 0.2) is 0 Å². The van der Waals surface area contributed by atoms with Gasteiger partial charge in [0.05, 0.1) is 4.92 Å². The molecule has 1 saturated heterocycles. The summed E-state index contributed by atoms with van der Waals surface area (Å²) in [6, 6.07) is 4.93. The first-order valence-corrected chi connectivity index (χ1v) is 11.2. The normalized spacial score (nSPS) is 19.1. The molecular formula is C23H36N4O6. The molecule has 1 N–H and O–H groups in total. The average molecular weight is 465 g/mol. The van der Waals surface area contributed by atoms with Crippen molar-refractivity contribution in [3.05, 3.63) is 28.3 Å². The Bertz CT molecular complexity index is 862. The molecule has 1 aliphatic heterocycles. The Morgan fingerprint density at radius 3 is 2.12 bits per heavy atom. The van der Waals surface area contributed by atoms with Crippen LogP contribution in [0.15, 0.2) is 18.2 Å². The van der Waals surface area contributed by atoms with Crippen LogP contribution in [0, 0.1) is 10.1 Å². The summed E-state index contributed by atoms with van der Waals surface area (Å²) in [4.78, 5) is 39.9. The van der Waals surface area contributed by atoms with Crippen LogP contribution in [0.5, 0.6) is 0 Å². The highest BCUT2D eigenvalue weighted by Crippen LogP contribution is 2.35. The molecule has 0 saturated carbocycles. The van der Waals surface area contributed by atoms with Crippen molar-refractivity contribution in [3.8, 4) is 0 Å². The Hall–Kier alpha value is -2.88. The molecule has 2 unspecified atom stereocenters. The Morgan fingerprint density at radius 2 is 1.67 bits per heavy atom. The summed E-state index contributed by atoms with van der Waals surface area (Å²) < 4.78 is 10.7. The Kier molecular flexibility index (Phi) is 7.95. The third-order valence-corrected chi connectivity index (χ3v) is 4.86. The van der Waals surface area contributed by atoms with Crippen molar-refractivity contribution in [2.45, 2.75) is 85.1 Å². The van der Waals surface area contributed by atoms with Crippen LogP contribution in [-0.4, -0.2) is 53.5 Å². The molecule has 184 valence electrons. The summed E-state index contributed by atoms with van der Waals surface area (Å²) in [6.07, 6.45) is -1.17. The van der Waals surface area contributed by atoms with Crippen LogP contribution in [0.3, 0.4) is 0 Å². The van der Waals surface area contributed by atoms with Crippen LogP contribution in [-0.2, 0) is 9.47 Å².